The van der Waals surface area contributed by atoms with Crippen molar-refractivity contribution in [2.75, 3.05) is 11.9 Å². The molecule has 0 N–H and O–H groups in total. The first kappa shape index (κ1) is 12.3. The topological polar surface area (TPSA) is 33.2 Å². The van der Waals surface area contributed by atoms with Crippen LogP contribution in [0.3, 0.4) is 0 Å². The Morgan fingerprint density at radius 2 is 1.94 bits per heavy atom. The maximum absolute atomic E-state index is 11.2. The van der Waals surface area contributed by atoms with E-state index < -0.39 is 0 Å². The highest BCUT2D eigenvalue weighted by atomic mass is 16.1. The van der Waals surface area contributed by atoms with Crippen LogP contribution in [0.5, 0.6) is 0 Å². The van der Waals surface area contributed by atoms with Crippen LogP contribution in [-0.4, -0.2) is 17.8 Å². The van der Waals surface area contributed by atoms with Crippen LogP contribution in [0.4, 0.5) is 5.69 Å². The molecule has 92 valence electrons. The molecule has 1 aromatic heterocycles. The predicted molar refractivity (Wildman–Crippen MR) is 72.8 cm³/mol. The van der Waals surface area contributed by atoms with Crippen LogP contribution in [0.25, 0.3) is 0 Å². The molecule has 3 nitrogen and oxygen atoms in total. The van der Waals surface area contributed by atoms with E-state index in [1.165, 1.54) is 0 Å². The third kappa shape index (κ3) is 2.94. The van der Waals surface area contributed by atoms with Gasteiger partial charge in [0.25, 0.3) is 0 Å². The Morgan fingerprint density at radius 3 is 2.50 bits per heavy atom. The Hall–Kier alpha value is -2.16. The van der Waals surface area contributed by atoms with E-state index >= 15 is 0 Å². The molecular weight excluding hydrogens is 224 g/mol. The normalized spacial score (nSPS) is 10.1. The van der Waals surface area contributed by atoms with Gasteiger partial charge in [0.15, 0.2) is 5.78 Å². The van der Waals surface area contributed by atoms with E-state index in [1.807, 2.05) is 49.6 Å². The van der Waals surface area contributed by atoms with E-state index in [-0.39, 0.29) is 5.78 Å². The minimum absolute atomic E-state index is 0.0939. The van der Waals surface area contributed by atoms with Crippen molar-refractivity contribution in [2.45, 2.75) is 13.5 Å². The van der Waals surface area contributed by atoms with Crippen molar-refractivity contribution in [3.63, 3.8) is 0 Å². The Morgan fingerprint density at radius 1 is 1.22 bits per heavy atom. The Bertz CT molecular complexity index is 520. The number of ketones is 1. The van der Waals surface area contributed by atoms with Gasteiger partial charge in [-0.15, -0.1) is 0 Å². The molecule has 0 saturated carbocycles. The molecule has 0 amide bonds. The zero-order valence-electron chi connectivity index (χ0n) is 10.6. The molecule has 2 rings (SSSR count). The van der Waals surface area contributed by atoms with E-state index in [1.54, 1.807) is 13.1 Å². The van der Waals surface area contributed by atoms with Crippen molar-refractivity contribution in [3.05, 3.63) is 59.9 Å². The fourth-order valence-electron chi connectivity index (χ4n) is 1.81. The number of hydrogen-bond acceptors (Lipinski definition) is 3. The van der Waals surface area contributed by atoms with Gasteiger partial charge < -0.3 is 4.90 Å². The summed E-state index contributed by atoms with van der Waals surface area (Å²) in [5.41, 5.74) is 2.99. The lowest BCUT2D eigenvalue weighted by Gasteiger charge is -2.19. The fourth-order valence-corrected chi connectivity index (χ4v) is 1.81. The highest BCUT2D eigenvalue weighted by molar-refractivity contribution is 5.94. The lowest BCUT2D eigenvalue weighted by molar-refractivity contribution is 0.101. The smallest absolute Gasteiger partial charge is 0.159 e. The molecule has 18 heavy (non-hydrogen) atoms. The van der Waals surface area contributed by atoms with Crippen molar-refractivity contribution in [1.29, 1.82) is 0 Å². The Balaban J connectivity index is 2.09. The number of benzene rings is 1. The van der Waals surface area contributed by atoms with Crippen molar-refractivity contribution in [2.24, 2.45) is 0 Å². The van der Waals surface area contributed by atoms with Crippen molar-refractivity contribution in [1.82, 2.24) is 4.98 Å². The maximum Gasteiger partial charge on any atom is 0.159 e. The molecule has 0 fully saturated rings. The fraction of sp³-hybridized carbons (Fsp3) is 0.200. The molecular formula is C15H16N2O. The molecule has 0 atom stereocenters. The molecule has 0 aliphatic rings. The van der Waals surface area contributed by atoms with Gasteiger partial charge in [-0.05, 0) is 42.8 Å². The second kappa shape index (κ2) is 5.45. The predicted octanol–water partition coefficient (Wildman–Crippen LogP) is 2.92. The average molecular weight is 240 g/mol. The number of hydrogen-bond donors (Lipinski definition) is 0. The van der Waals surface area contributed by atoms with Crippen molar-refractivity contribution in [3.8, 4) is 0 Å². The van der Waals surface area contributed by atoms with E-state index in [0.717, 1.165) is 23.4 Å². The van der Waals surface area contributed by atoms with Crippen molar-refractivity contribution < 1.29 is 4.79 Å². The molecule has 0 bridgehead atoms. The minimum atomic E-state index is 0.0939. The van der Waals surface area contributed by atoms with Crippen LogP contribution >= 0.6 is 0 Å². The third-order valence-electron chi connectivity index (χ3n) is 2.86. The summed E-state index contributed by atoms with van der Waals surface area (Å²) in [6, 6.07) is 11.6. The first-order valence-electron chi connectivity index (χ1n) is 5.88. The van der Waals surface area contributed by atoms with Gasteiger partial charge in [-0.1, -0.05) is 6.07 Å². The number of rotatable bonds is 4. The van der Waals surface area contributed by atoms with Crippen LogP contribution in [0.2, 0.25) is 0 Å². The molecule has 1 aromatic carbocycles. The van der Waals surface area contributed by atoms with Gasteiger partial charge in [-0.25, -0.2) is 0 Å². The first-order valence-corrected chi connectivity index (χ1v) is 5.88. The summed E-state index contributed by atoms with van der Waals surface area (Å²) < 4.78 is 0. The minimum Gasteiger partial charge on any atom is -0.370 e. The molecule has 0 aliphatic carbocycles. The maximum atomic E-state index is 11.2. The second-order valence-corrected chi connectivity index (χ2v) is 4.32. The van der Waals surface area contributed by atoms with Crippen LogP contribution in [0, 0.1) is 0 Å². The number of nitrogens with zero attached hydrogens (tertiary/aromatic N) is 2. The molecule has 3 heteroatoms. The van der Waals surface area contributed by atoms with Crippen LogP contribution in [-0.2, 0) is 6.54 Å². The summed E-state index contributed by atoms with van der Waals surface area (Å²) in [7, 11) is 2.02. The zero-order chi connectivity index (χ0) is 13.0. The largest absolute Gasteiger partial charge is 0.370 e. The van der Waals surface area contributed by atoms with Gasteiger partial charge in [0.2, 0.25) is 0 Å². The van der Waals surface area contributed by atoms with E-state index in [9.17, 15) is 4.79 Å². The third-order valence-corrected chi connectivity index (χ3v) is 2.86. The summed E-state index contributed by atoms with van der Waals surface area (Å²) in [5.74, 6) is 0.0939. The molecule has 0 unspecified atom stereocenters. The number of carbonyl (C=O) groups excluding carboxylic acids is 1. The van der Waals surface area contributed by atoms with Gasteiger partial charge in [-0.3, -0.25) is 9.78 Å². The summed E-state index contributed by atoms with van der Waals surface area (Å²) >= 11 is 0. The highest BCUT2D eigenvalue weighted by Crippen LogP contribution is 2.16. The lowest BCUT2D eigenvalue weighted by atomic mass is 10.1. The Kier molecular flexibility index (Phi) is 3.72. The number of anilines is 1. The van der Waals surface area contributed by atoms with E-state index in [4.69, 9.17) is 0 Å². The number of aromatic nitrogens is 1. The average Bonchev–Trinajstić information content (AvgIpc) is 2.40. The summed E-state index contributed by atoms with van der Waals surface area (Å²) in [6.07, 6.45) is 3.63. The summed E-state index contributed by atoms with van der Waals surface area (Å²) in [4.78, 5) is 17.4. The zero-order valence-corrected chi connectivity index (χ0v) is 10.6. The first-order chi connectivity index (χ1) is 8.66. The molecule has 0 saturated heterocycles. The number of carbonyl (C=O) groups is 1. The van der Waals surface area contributed by atoms with Gasteiger partial charge in [0, 0.05) is 37.2 Å². The number of pyridine rings is 1. The molecule has 0 aliphatic heterocycles. The van der Waals surface area contributed by atoms with Gasteiger partial charge >= 0.3 is 0 Å². The number of Topliss-reactive ketones (excluding diaryl/α,β-unsaturated/α-hetero) is 1. The van der Waals surface area contributed by atoms with Crippen LogP contribution in [0.15, 0.2) is 48.8 Å². The Labute approximate surface area is 107 Å². The van der Waals surface area contributed by atoms with Crippen LogP contribution < -0.4 is 4.90 Å². The summed E-state index contributed by atoms with van der Waals surface area (Å²) in [5, 5.41) is 0. The quantitative estimate of drug-likeness (QED) is 0.770. The molecule has 2 aromatic rings. The van der Waals surface area contributed by atoms with E-state index in [0.29, 0.717) is 0 Å². The van der Waals surface area contributed by atoms with Crippen LogP contribution in [0.1, 0.15) is 22.8 Å². The van der Waals surface area contributed by atoms with Crippen molar-refractivity contribution >= 4 is 11.5 Å². The second-order valence-electron chi connectivity index (χ2n) is 4.32. The summed E-state index contributed by atoms with van der Waals surface area (Å²) in [6.45, 7) is 2.38. The molecule has 1 heterocycles. The molecule has 0 radical (unpaired) electrons. The van der Waals surface area contributed by atoms with Gasteiger partial charge in [0.1, 0.15) is 0 Å². The SMILES string of the molecule is CC(=O)c1ccc(N(C)Cc2cccnc2)cc1. The van der Waals surface area contributed by atoms with Gasteiger partial charge in [-0.2, -0.15) is 0 Å². The standard InChI is InChI=1S/C15H16N2O/c1-12(18)14-5-7-15(8-6-14)17(2)11-13-4-3-9-16-10-13/h3-10H,11H2,1-2H3. The monoisotopic (exact) mass is 240 g/mol. The lowest BCUT2D eigenvalue weighted by Crippen LogP contribution is -2.16. The van der Waals surface area contributed by atoms with E-state index in [2.05, 4.69) is 9.88 Å². The highest BCUT2D eigenvalue weighted by Gasteiger charge is 2.03. The molecule has 0 spiro atoms. The van der Waals surface area contributed by atoms with Gasteiger partial charge in [0.05, 0.1) is 0 Å².